The molecule has 0 bridgehead atoms. The molecule has 1 atom stereocenters. The molecule has 1 aliphatic carbocycles. The number of carboxylic acids is 2. The number of carboxylic acid groups (broad SMARTS) is 2. The van der Waals surface area contributed by atoms with Gasteiger partial charge in [-0.25, -0.2) is 9.59 Å². The lowest BCUT2D eigenvalue weighted by atomic mass is 9.58. The number of methoxy groups -OCH3 is 1. The number of nitrogens with zero attached hydrogens (tertiary/aromatic N) is 2. The predicted molar refractivity (Wildman–Crippen MR) is 131 cm³/mol. The third-order valence-corrected chi connectivity index (χ3v) is 7.04. The molecule has 0 radical (unpaired) electrons. The first-order valence-corrected chi connectivity index (χ1v) is 12.3. The smallest absolute Gasteiger partial charge is 0.490 e. The summed E-state index contributed by atoms with van der Waals surface area (Å²) < 4.78 is 74.3. The van der Waals surface area contributed by atoms with E-state index < -0.39 is 24.3 Å². The minimum Gasteiger partial charge on any atom is -0.497 e. The molecule has 224 valence electrons. The van der Waals surface area contributed by atoms with E-state index in [9.17, 15) is 26.3 Å². The molecule has 0 amide bonds. The highest BCUT2D eigenvalue weighted by Crippen LogP contribution is 2.51. The minimum absolute atomic E-state index is 0.526. The van der Waals surface area contributed by atoms with Crippen molar-refractivity contribution in [1.29, 1.82) is 0 Å². The summed E-state index contributed by atoms with van der Waals surface area (Å²) in [4.78, 5) is 22.9. The molecule has 1 saturated carbocycles. The van der Waals surface area contributed by atoms with Crippen molar-refractivity contribution in [2.45, 2.75) is 57.2 Å². The third-order valence-electron chi connectivity index (χ3n) is 7.04. The number of likely N-dealkylation sites (tertiary alicyclic amines) is 1. The summed E-state index contributed by atoms with van der Waals surface area (Å²) in [6.07, 6.45) is -3.05. The first-order chi connectivity index (χ1) is 18.6. The van der Waals surface area contributed by atoms with Gasteiger partial charge in [-0.1, -0.05) is 12.1 Å². The van der Waals surface area contributed by atoms with Crippen LogP contribution in [0.1, 0.15) is 37.0 Å². The average Bonchev–Trinajstić information content (AvgIpc) is 3.37. The maximum Gasteiger partial charge on any atom is 0.490 e. The second-order valence-corrected chi connectivity index (χ2v) is 9.64. The zero-order valence-electron chi connectivity index (χ0n) is 22.0. The molecule has 2 aliphatic rings. The van der Waals surface area contributed by atoms with Gasteiger partial charge < -0.3 is 19.4 Å². The molecular formula is C26H32F6N2O6. The number of hydrogen-bond acceptors (Lipinski definition) is 6. The van der Waals surface area contributed by atoms with Crippen molar-refractivity contribution in [1.82, 2.24) is 9.80 Å². The lowest BCUT2D eigenvalue weighted by Crippen LogP contribution is -2.57. The Hall–Kier alpha value is -3.26. The van der Waals surface area contributed by atoms with Crippen molar-refractivity contribution in [2.75, 3.05) is 27.2 Å². The lowest BCUT2D eigenvalue weighted by Gasteiger charge is -2.57. The van der Waals surface area contributed by atoms with Crippen molar-refractivity contribution in [3.63, 3.8) is 0 Å². The van der Waals surface area contributed by atoms with Gasteiger partial charge >= 0.3 is 24.3 Å². The van der Waals surface area contributed by atoms with Gasteiger partial charge in [0.25, 0.3) is 0 Å². The Morgan fingerprint density at radius 3 is 1.90 bits per heavy atom. The van der Waals surface area contributed by atoms with Crippen LogP contribution in [-0.2, 0) is 22.7 Å². The van der Waals surface area contributed by atoms with Crippen LogP contribution in [0.4, 0.5) is 26.3 Å². The first-order valence-electron chi connectivity index (χ1n) is 12.3. The van der Waals surface area contributed by atoms with E-state index in [0.717, 1.165) is 24.6 Å². The SMILES string of the molecule is COc1ccc(CN2CCC3(CCC3N(C)Cc3ccco3)CC2)cc1.O=C(O)C(F)(F)F.O=C(O)C(F)(F)F. The van der Waals surface area contributed by atoms with E-state index in [0.29, 0.717) is 11.5 Å². The molecule has 1 aromatic carbocycles. The van der Waals surface area contributed by atoms with Crippen LogP contribution in [0.25, 0.3) is 0 Å². The fourth-order valence-electron chi connectivity index (χ4n) is 4.86. The lowest BCUT2D eigenvalue weighted by molar-refractivity contribution is -0.193. The third kappa shape index (κ3) is 9.73. The van der Waals surface area contributed by atoms with Gasteiger partial charge in [0.1, 0.15) is 11.5 Å². The molecule has 1 saturated heterocycles. The number of furan rings is 1. The van der Waals surface area contributed by atoms with Crippen molar-refractivity contribution < 1.29 is 55.3 Å². The van der Waals surface area contributed by atoms with Crippen molar-refractivity contribution in [2.24, 2.45) is 5.41 Å². The molecule has 2 fully saturated rings. The topological polar surface area (TPSA) is 103 Å². The molecule has 2 N–H and O–H groups in total. The van der Waals surface area contributed by atoms with Crippen LogP contribution in [0.3, 0.4) is 0 Å². The Kier molecular flexibility index (Phi) is 11.4. The Morgan fingerprint density at radius 2 is 1.52 bits per heavy atom. The van der Waals surface area contributed by atoms with Crippen molar-refractivity contribution in [3.05, 3.63) is 54.0 Å². The number of alkyl halides is 6. The zero-order chi connectivity index (χ0) is 30.1. The van der Waals surface area contributed by atoms with Crippen LogP contribution in [0.5, 0.6) is 5.75 Å². The fraction of sp³-hybridized carbons (Fsp3) is 0.538. The molecule has 2 aromatic rings. The molecule has 8 nitrogen and oxygen atoms in total. The van der Waals surface area contributed by atoms with Crippen LogP contribution >= 0.6 is 0 Å². The van der Waals surface area contributed by atoms with Gasteiger partial charge in [0, 0.05) is 12.6 Å². The van der Waals surface area contributed by atoms with Gasteiger partial charge in [0.2, 0.25) is 0 Å². The molecule has 1 unspecified atom stereocenters. The van der Waals surface area contributed by atoms with E-state index >= 15 is 0 Å². The van der Waals surface area contributed by atoms with E-state index in [4.69, 9.17) is 29.0 Å². The first kappa shape index (κ1) is 32.9. The Balaban J connectivity index is 0.000000333. The fourth-order valence-corrected chi connectivity index (χ4v) is 4.86. The van der Waals surface area contributed by atoms with Gasteiger partial charge in [-0.3, -0.25) is 9.80 Å². The van der Waals surface area contributed by atoms with E-state index in [-0.39, 0.29) is 0 Å². The molecule has 2 heterocycles. The van der Waals surface area contributed by atoms with E-state index in [2.05, 4.69) is 47.2 Å². The van der Waals surface area contributed by atoms with Crippen LogP contribution in [0, 0.1) is 5.41 Å². The number of rotatable bonds is 6. The number of halogens is 6. The van der Waals surface area contributed by atoms with Crippen LogP contribution in [0.15, 0.2) is 47.1 Å². The average molecular weight is 583 g/mol. The number of benzene rings is 1. The molecule has 14 heteroatoms. The maximum atomic E-state index is 10.6. The molecule has 40 heavy (non-hydrogen) atoms. The number of aliphatic carboxylic acids is 2. The quantitative estimate of drug-likeness (QED) is 0.435. The van der Waals surface area contributed by atoms with Gasteiger partial charge in [-0.05, 0) is 81.1 Å². The highest BCUT2D eigenvalue weighted by Gasteiger charge is 2.49. The molecule has 1 aromatic heterocycles. The molecular weight excluding hydrogens is 550 g/mol. The molecule has 4 rings (SSSR count). The summed E-state index contributed by atoms with van der Waals surface area (Å²) >= 11 is 0. The number of hydrogen-bond donors (Lipinski definition) is 2. The van der Waals surface area contributed by atoms with E-state index in [1.807, 2.05) is 6.07 Å². The maximum absolute atomic E-state index is 10.6. The van der Waals surface area contributed by atoms with Gasteiger partial charge in [-0.15, -0.1) is 0 Å². The highest BCUT2D eigenvalue weighted by molar-refractivity contribution is 5.73. The minimum atomic E-state index is -5.08. The summed E-state index contributed by atoms with van der Waals surface area (Å²) in [5.74, 6) is -3.50. The van der Waals surface area contributed by atoms with Gasteiger partial charge in [0.05, 0.1) is 19.9 Å². The summed E-state index contributed by atoms with van der Waals surface area (Å²) in [5.41, 5.74) is 1.90. The predicted octanol–water partition coefficient (Wildman–Crippen LogP) is 5.43. The highest BCUT2D eigenvalue weighted by atomic mass is 19.4. The van der Waals surface area contributed by atoms with E-state index in [1.54, 1.807) is 13.4 Å². The van der Waals surface area contributed by atoms with Gasteiger partial charge in [-0.2, -0.15) is 26.3 Å². The van der Waals surface area contributed by atoms with Gasteiger partial charge in [0.15, 0.2) is 0 Å². The van der Waals surface area contributed by atoms with Crippen LogP contribution < -0.4 is 4.74 Å². The standard InChI is InChI=1S/C22H30N2O2.2C2HF3O2/c1-23(17-20-4-3-15-26-20)21-9-10-22(21)11-13-24(14-12-22)16-18-5-7-19(25-2)8-6-18;2*3-2(4,5)1(6)7/h3-8,15,21H,9-14,16-17H2,1-2H3;2*(H,6,7). The Bertz CT molecular complexity index is 1040. The van der Waals surface area contributed by atoms with Crippen molar-refractivity contribution in [3.8, 4) is 5.75 Å². The second-order valence-electron chi connectivity index (χ2n) is 9.64. The summed E-state index contributed by atoms with van der Waals surface area (Å²) in [5, 5.41) is 14.2. The van der Waals surface area contributed by atoms with Crippen molar-refractivity contribution >= 4 is 11.9 Å². The number of carbonyl (C=O) groups is 2. The Morgan fingerprint density at radius 1 is 1.00 bits per heavy atom. The Labute approximate surface area is 227 Å². The zero-order valence-corrected chi connectivity index (χ0v) is 22.0. The summed E-state index contributed by atoms with van der Waals surface area (Å²) in [6.45, 7) is 4.39. The summed E-state index contributed by atoms with van der Waals surface area (Å²) in [6, 6.07) is 13.3. The molecule has 1 spiro atoms. The van der Waals surface area contributed by atoms with E-state index in [1.165, 1.54) is 44.3 Å². The number of piperidine rings is 1. The normalized spacial score (nSPS) is 18.6. The monoisotopic (exact) mass is 582 g/mol. The molecule has 1 aliphatic heterocycles. The van der Waals surface area contributed by atoms with Crippen LogP contribution in [-0.4, -0.2) is 77.6 Å². The van der Waals surface area contributed by atoms with Crippen LogP contribution in [0.2, 0.25) is 0 Å². The second kappa shape index (κ2) is 13.9. The largest absolute Gasteiger partial charge is 0.497 e. The summed E-state index contributed by atoms with van der Waals surface area (Å²) in [7, 11) is 3.98. The number of ether oxygens (including phenoxy) is 1.